The summed E-state index contributed by atoms with van der Waals surface area (Å²) in [6.45, 7) is 1.16. The first-order valence-corrected chi connectivity index (χ1v) is 5.45. The summed E-state index contributed by atoms with van der Waals surface area (Å²) < 4.78 is 0. The summed E-state index contributed by atoms with van der Waals surface area (Å²) in [6.07, 6.45) is 3.00. The third kappa shape index (κ3) is 2.99. The number of rotatable bonds is 2. The quantitative estimate of drug-likeness (QED) is 0.617. The van der Waals surface area contributed by atoms with E-state index in [0.29, 0.717) is 13.1 Å². The van der Waals surface area contributed by atoms with Gasteiger partial charge in [0.15, 0.2) is 0 Å². The number of nitrogens with zero attached hydrogens (tertiary/aromatic N) is 2. The molecule has 0 bridgehead atoms. The van der Waals surface area contributed by atoms with Gasteiger partial charge in [-0.2, -0.15) is 0 Å². The molecule has 1 unspecified atom stereocenters. The van der Waals surface area contributed by atoms with Crippen molar-refractivity contribution in [3.05, 3.63) is 28.1 Å². The fourth-order valence-corrected chi connectivity index (χ4v) is 1.98. The molecule has 1 saturated heterocycles. The molecule has 1 fully saturated rings. The van der Waals surface area contributed by atoms with Gasteiger partial charge in [0.05, 0.1) is 11.1 Å². The van der Waals surface area contributed by atoms with Gasteiger partial charge >= 0.3 is 0 Å². The maximum absolute atomic E-state index is 12.0. The molecule has 0 aromatic carbocycles. The molecule has 3 N–H and O–H groups in total. The highest BCUT2D eigenvalue weighted by molar-refractivity contribution is 5.93. The molecule has 18 heavy (non-hydrogen) atoms. The minimum Gasteiger partial charge on any atom is -0.351 e. The van der Waals surface area contributed by atoms with E-state index in [9.17, 15) is 14.9 Å². The number of carbonyl (C=O) groups excluding carboxylic acids is 1. The number of aromatic amines is 1. The van der Waals surface area contributed by atoms with Crippen LogP contribution in [0.5, 0.6) is 0 Å². The Labute approximate surface area is 110 Å². The van der Waals surface area contributed by atoms with Crippen LogP contribution in [0, 0.1) is 10.1 Å². The summed E-state index contributed by atoms with van der Waals surface area (Å²) in [7, 11) is 0. The van der Waals surface area contributed by atoms with E-state index in [1.165, 1.54) is 12.3 Å². The molecular weight excluding hydrogens is 260 g/mol. The number of nitrogens with one attached hydrogen (secondary N) is 1. The normalized spacial score (nSPS) is 19.2. The number of hydrogen-bond acceptors (Lipinski definition) is 4. The standard InChI is InChI=1S/C10H14N4O3.ClH/c11-7-2-1-3-13(6-7)10(15)9-4-8(5-12-9)14(16)17;/h4-5,7,12H,1-3,6,11H2;1H. The van der Waals surface area contributed by atoms with Crippen molar-refractivity contribution in [2.75, 3.05) is 13.1 Å². The van der Waals surface area contributed by atoms with Gasteiger partial charge in [0.2, 0.25) is 0 Å². The lowest BCUT2D eigenvalue weighted by molar-refractivity contribution is -0.384. The summed E-state index contributed by atoms with van der Waals surface area (Å²) >= 11 is 0. The van der Waals surface area contributed by atoms with Crippen LogP contribution < -0.4 is 5.73 Å². The van der Waals surface area contributed by atoms with Crippen molar-refractivity contribution in [3.63, 3.8) is 0 Å². The van der Waals surface area contributed by atoms with Crippen LogP contribution >= 0.6 is 12.4 Å². The average molecular weight is 275 g/mol. The Morgan fingerprint density at radius 2 is 2.33 bits per heavy atom. The van der Waals surface area contributed by atoms with Gasteiger partial charge in [-0.25, -0.2) is 0 Å². The SMILES string of the molecule is Cl.NC1CCCN(C(=O)c2cc([N+](=O)[O-])c[nH]2)C1. The van der Waals surface area contributed by atoms with E-state index in [0.717, 1.165) is 12.8 Å². The van der Waals surface area contributed by atoms with Crippen LogP contribution in [0.1, 0.15) is 23.3 Å². The van der Waals surface area contributed by atoms with Crippen LogP contribution in [0.15, 0.2) is 12.3 Å². The minimum absolute atomic E-state index is 0. The van der Waals surface area contributed by atoms with Gasteiger partial charge in [-0.3, -0.25) is 14.9 Å². The average Bonchev–Trinajstić information content (AvgIpc) is 2.77. The predicted molar refractivity (Wildman–Crippen MR) is 67.8 cm³/mol. The fraction of sp³-hybridized carbons (Fsp3) is 0.500. The van der Waals surface area contributed by atoms with E-state index >= 15 is 0 Å². The molecule has 0 aliphatic carbocycles. The first-order valence-electron chi connectivity index (χ1n) is 5.45. The van der Waals surface area contributed by atoms with Crippen molar-refractivity contribution < 1.29 is 9.72 Å². The number of likely N-dealkylation sites (tertiary alicyclic amines) is 1. The van der Waals surface area contributed by atoms with Crippen LogP contribution in [0.25, 0.3) is 0 Å². The highest BCUT2D eigenvalue weighted by atomic mass is 35.5. The van der Waals surface area contributed by atoms with Gasteiger partial charge in [0.1, 0.15) is 5.69 Å². The Hall–Kier alpha value is -1.60. The molecule has 0 radical (unpaired) electrons. The van der Waals surface area contributed by atoms with Crippen molar-refractivity contribution >= 4 is 24.0 Å². The highest BCUT2D eigenvalue weighted by Crippen LogP contribution is 2.16. The number of piperidine rings is 1. The number of nitro groups is 1. The maximum atomic E-state index is 12.0. The first kappa shape index (κ1) is 14.5. The molecule has 2 heterocycles. The Morgan fingerprint density at radius 1 is 1.61 bits per heavy atom. The summed E-state index contributed by atoms with van der Waals surface area (Å²) in [4.78, 5) is 26.2. The Balaban J connectivity index is 0.00000162. The third-order valence-electron chi connectivity index (χ3n) is 2.85. The lowest BCUT2D eigenvalue weighted by Crippen LogP contribution is -2.45. The van der Waals surface area contributed by atoms with Gasteiger partial charge in [-0.15, -0.1) is 12.4 Å². The second kappa shape index (κ2) is 5.83. The van der Waals surface area contributed by atoms with Crippen LogP contribution in [0.4, 0.5) is 5.69 Å². The van der Waals surface area contributed by atoms with Crippen LogP contribution in [-0.4, -0.2) is 39.8 Å². The van der Waals surface area contributed by atoms with Crippen LogP contribution in [0.3, 0.4) is 0 Å². The van der Waals surface area contributed by atoms with Gasteiger partial charge in [-0.05, 0) is 12.8 Å². The van der Waals surface area contributed by atoms with E-state index in [1.807, 2.05) is 0 Å². The van der Waals surface area contributed by atoms with E-state index in [-0.39, 0.29) is 35.7 Å². The Bertz CT molecular complexity index is 448. The lowest BCUT2D eigenvalue weighted by Gasteiger charge is -2.30. The molecule has 1 aliphatic rings. The number of nitrogens with two attached hydrogens (primary N) is 1. The van der Waals surface area contributed by atoms with Crippen molar-refractivity contribution in [2.24, 2.45) is 5.73 Å². The maximum Gasteiger partial charge on any atom is 0.287 e. The summed E-state index contributed by atoms with van der Waals surface area (Å²) in [5.41, 5.74) is 5.92. The van der Waals surface area contributed by atoms with Crippen LogP contribution in [0.2, 0.25) is 0 Å². The predicted octanol–water partition coefficient (Wildman–Crippen LogP) is 0.908. The second-order valence-corrected chi connectivity index (χ2v) is 4.18. The van der Waals surface area contributed by atoms with Crippen molar-refractivity contribution in [2.45, 2.75) is 18.9 Å². The van der Waals surface area contributed by atoms with E-state index in [4.69, 9.17) is 5.73 Å². The molecule has 8 heteroatoms. The summed E-state index contributed by atoms with van der Waals surface area (Å²) in [6, 6.07) is 1.25. The summed E-state index contributed by atoms with van der Waals surface area (Å²) in [5.74, 6) is -0.228. The molecule has 1 aromatic rings. The molecule has 7 nitrogen and oxygen atoms in total. The molecule has 1 amide bonds. The number of aromatic nitrogens is 1. The van der Waals surface area contributed by atoms with Gasteiger partial charge in [-0.1, -0.05) is 0 Å². The van der Waals surface area contributed by atoms with E-state index in [2.05, 4.69) is 4.98 Å². The van der Waals surface area contributed by atoms with Crippen molar-refractivity contribution in [1.29, 1.82) is 0 Å². The smallest absolute Gasteiger partial charge is 0.287 e. The largest absolute Gasteiger partial charge is 0.351 e. The number of hydrogen-bond donors (Lipinski definition) is 2. The molecule has 0 saturated carbocycles. The molecule has 0 spiro atoms. The Morgan fingerprint density at radius 3 is 2.89 bits per heavy atom. The topological polar surface area (TPSA) is 105 Å². The van der Waals surface area contributed by atoms with Crippen LogP contribution in [-0.2, 0) is 0 Å². The lowest BCUT2D eigenvalue weighted by atomic mass is 10.1. The first-order chi connectivity index (χ1) is 8.08. The van der Waals surface area contributed by atoms with E-state index in [1.54, 1.807) is 4.90 Å². The molecule has 1 atom stereocenters. The molecule has 1 aliphatic heterocycles. The van der Waals surface area contributed by atoms with Gasteiger partial charge in [0.25, 0.3) is 11.6 Å². The van der Waals surface area contributed by atoms with Crippen molar-refractivity contribution in [1.82, 2.24) is 9.88 Å². The summed E-state index contributed by atoms with van der Waals surface area (Å²) in [5, 5.41) is 10.5. The third-order valence-corrected chi connectivity index (χ3v) is 2.85. The minimum atomic E-state index is -0.533. The van der Waals surface area contributed by atoms with Crippen molar-refractivity contribution in [3.8, 4) is 0 Å². The monoisotopic (exact) mass is 274 g/mol. The Kier molecular flexibility index (Phi) is 4.69. The van der Waals surface area contributed by atoms with Gasteiger partial charge in [0, 0.05) is 25.2 Å². The second-order valence-electron chi connectivity index (χ2n) is 4.18. The number of halogens is 1. The fourth-order valence-electron chi connectivity index (χ4n) is 1.98. The number of amides is 1. The molecule has 2 rings (SSSR count). The number of H-pyrrole nitrogens is 1. The molecular formula is C10H15ClN4O3. The number of carbonyl (C=O) groups is 1. The molecule has 1 aromatic heterocycles. The zero-order valence-corrected chi connectivity index (χ0v) is 10.5. The van der Waals surface area contributed by atoms with E-state index < -0.39 is 4.92 Å². The highest BCUT2D eigenvalue weighted by Gasteiger charge is 2.24. The van der Waals surface area contributed by atoms with Gasteiger partial charge < -0.3 is 15.6 Å². The zero-order valence-electron chi connectivity index (χ0n) is 9.67. The molecule has 100 valence electrons. The zero-order chi connectivity index (χ0) is 12.4.